The molecule has 0 spiro atoms. The molecule has 0 bridgehead atoms. The van der Waals surface area contributed by atoms with Crippen LogP contribution < -0.4 is 11.1 Å². The number of carbonyl (C=O) groups is 1. The molecular formula is C9H17FN2O2. The Labute approximate surface area is 83.3 Å². The van der Waals surface area contributed by atoms with Crippen molar-refractivity contribution in [1.29, 1.82) is 0 Å². The molecule has 0 saturated heterocycles. The van der Waals surface area contributed by atoms with E-state index in [-0.39, 0.29) is 13.1 Å². The van der Waals surface area contributed by atoms with E-state index in [1.54, 1.807) is 20.8 Å². The first-order valence-electron chi connectivity index (χ1n) is 4.34. The van der Waals surface area contributed by atoms with Crippen molar-refractivity contribution in [3.63, 3.8) is 0 Å². The van der Waals surface area contributed by atoms with Gasteiger partial charge in [-0.3, -0.25) is 0 Å². The summed E-state index contributed by atoms with van der Waals surface area (Å²) in [7, 11) is 0. The molecule has 5 heteroatoms. The lowest BCUT2D eigenvalue weighted by molar-refractivity contribution is 0.0532. The van der Waals surface area contributed by atoms with E-state index in [2.05, 4.69) is 5.32 Å². The monoisotopic (exact) mass is 204 g/mol. The number of nitrogens with one attached hydrogen (secondary N) is 1. The van der Waals surface area contributed by atoms with Crippen LogP contribution >= 0.6 is 0 Å². The molecule has 0 aliphatic carbocycles. The lowest BCUT2D eigenvalue weighted by Crippen LogP contribution is -2.34. The Morgan fingerprint density at radius 1 is 1.57 bits per heavy atom. The molecule has 0 aromatic heterocycles. The van der Waals surface area contributed by atoms with Crippen LogP contribution in [0.2, 0.25) is 0 Å². The van der Waals surface area contributed by atoms with Crippen LogP contribution in [0.1, 0.15) is 20.8 Å². The molecule has 4 nitrogen and oxygen atoms in total. The summed E-state index contributed by atoms with van der Waals surface area (Å²) in [4.78, 5) is 11.1. The molecule has 0 saturated carbocycles. The van der Waals surface area contributed by atoms with Crippen molar-refractivity contribution in [1.82, 2.24) is 5.32 Å². The third kappa shape index (κ3) is 6.42. The Bertz CT molecular complexity index is 221. The Kier molecular flexibility index (Phi) is 5.15. The van der Waals surface area contributed by atoms with Crippen molar-refractivity contribution in [3.05, 3.63) is 11.9 Å². The molecular weight excluding hydrogens is 187 g/mol. The van der Waals surface area contributed by atoms with Gasteiger partial charge in [-0.15, -0.1) is 0 Å². The molecule has 0 aromatic rings. The number of carbonyl (C=O) groups excluding carboxylic acids is 1. The van der Waals surface area contributed by atoms with Crippen molar-refractivity contribution < 1.29 is 13.9 Å². The third-order valence-corrected chi connectivity index (χ3v) is 1.28. The molecule has 0 aromatic carbocycles. The van der Waals surface area contributed by atoms with Crippen LogP contribution in [0, 0.1) is 0 Å². The summed E-state index contributed by atoms with van der Waals surface area (Å²) in [6.45, 7) is 5.40. The lowest BCUT2D eigenvalue weighted by atomic mass is 10.2. The lowest BCUT2D eigenvalue weighted by Gasteiger charge is -2.19. The average molecular weight is 204 g/mol. The molecule has 14 heavy (non-hydrogen) atoms. The summed E-state index contributed by atoms with van der Waals surface area (Å²) in [6, 6.07) is 0. The Hall–Kier alpha value is -1.10. The minimum Gasteiger partial charge on any atom is -0.444 e. The quantitative estimate of drug-likeness (QED) is 0.728. The molecule has 0 rings (SSSR count). The first-order valence-corrected chi connectivity index (χ1v) is 4.34. The second-order valence-corrected chi connectivity index (χ2v) is 3.83. The second kappa shape index (κ2) is 5.59. The number of ether oxygens (including phenoxy) is 1. The number of alkyl carbamates (subject to hydrolysis) is 1. The van der Waals surface area contributed by atoms with Crippen molar-refractivity contribution in [3.8, 4) is 0 Å². The minimum atomic E-state index is -0.578. The molecule has 0 atom stereocenters. The largest absolute Gasteiger partial charge is 0.444 e. The molecule has 0 heterocycles. The molecule has 3 N–H and O–H groups in total. The standard InChI is InChI=1S/C9H17FN2O2/c1-9(2,3)14-8(13)12-6-7(4-10)5-11/h4H,5-6,11H2,1-3H3,(H,12,13)/b7-4-. The van der Waals surface area contributed by atoms with Crippen LogP contribution in [0.5, 0.6) is 0 Å². The number of hydrogen-bond acceptors (Lipinski definition) is 3. The fraction of sp³-hybridized carbons (Fsp3) is 0.667. The van der Waals surface area contributed by atoms with Gasteiger partial charge >= 0.3 is 6.09 Å². The minimum absolute atomic E-state index is 0.0713. The highest BCUT2D eigenvalue weighted by atomic mass is 19.1. The van der Waals surface area contributed by atoms with E-state index in [4.69, 9.17) is 10.5 Å². The van der Waals surface area contributed by atoms with Gasteiger partial charge in [0.2, 0.25) is 0 Å². The highest BCUT2D eigenvalue weighted by Crippen LogP contribution is 2.06. The van der Waals surface area contributed by atoms with E-state index in [9.17, 15) is 9.18 Å². The Morgan fingerprint density at radius 2 is 2.14 bits per heavy atom. The zero-order valence-electron chi connectivity index (χ0n) is 8.76. The summed E-state index contributed by atoms with van der Waals surface area (Å²) in [5.41, 5.74) is 4.96. The van der Waals surface area contributed by atoms with Crippen molar-refractivity contribution in [2.75, 3.05) is 13.1 Å². The van der Waals surface area contributed by atoms with Crippen LogP contribution in [0.25, 0.3) is 0 Å². The first kappa shape index (κ1) is 12.9. The number of rotatable bonds is 3. The molecule has 0 aliphatic heterocycles. The predicted octanol–water partition coefficient (Wildman–Crippen LogP) is 1.32. The second-order valence-electron chi connectivity index (χ2n) is 3.83. The number of halogens is 1. The zero-order valence-corrected chi connectivity index (χ0v) is 8.76. The molecule has 82 valence electrons. The summed E-state index contributed by atoms with van der Waals surface area (Å²) < 4.78 is 16.9. The normalized spacial score (nSPS) is 12.5. The average Bonchev–Trinajstić information content (AvgIpc) is 2.03. The van der Waals surface area contributed by atoms with Gasteiger partial charge in [0.15, 0.2) is 0 Å². The van der Waals surface area contributed by atoms with Gasteiger partial charge in [0.05, 0.1) is 6.33 Å². The Morgan fingerprint density at radius 3 is 2.50 bits per heavy atom. The van der Waals surface area contributed by atoms with Gasteiger partial charge in [0.1, 0.15) is 5.60 Å². The number of amides is 1. The fourth-order valence-corrected chi connectivity index (χ4v) is 0.655. The highest BCUT2D eigenvalue weighted by molar-refractivity contribution is 5.68. The summed E-state index contributed by atoms with van der Waals surface area (Å²) in [5.74, 6) is 0. The van der Waals surface area contributed by atoms with Crippen LogP contribution in [-0.4, -0.2) is 24.8 Å². The zero-order chi connectivity index (χ0) is 11.2. The highest BCUT2D eigenvalue weighted by Gasteiger charge is 2.15. The van der Waals surface area contributed by atoms with E-state index in [1.807, 2.05) is 0 Å². The van der Waals surface area contributed by atoms with Gasteiger partial charge < -0.3 is 15.8 Å². The fourth-order valence-electron chi connectivity index (χ4n) is 0.655. The van der Waals surface area contributed by atoms with E-state index in [1.165, 1.54) is 0 Å². The van der Waals surface area contributed by atoms with Crippen molar-refractivity contribution in [2.24, 2.45) is 5.73 Å². The molecule has 0 radical (unpaired) electrons. The van der Waals surface area contributed by atoms with Gasteiger partial charge in [0.25, 0.3) is 0 Å². The van der Waals surface area contributed by atoms with Crippen molar-refractivity contribution >= 4 is 6.09 Å². The SMILES string of the molecule is CC(C)(C)OC(=O)NC/C(=C\F)CN. The third-order valence-electron chi connectivity index (χ3n) is 1.28. The predicted molar refractivity (Wildman–Crippen MR) is 52.5 cm³/mol. The smallest absolute Gasteiger partial charge is 0.407 e. The van der Waals surface area contributed by atoms with E-state index in [0.717, 1.165) is 0 Å². The maximum Gasteiger partial charge on any atom is 0.407 e. The van der Waals surface area contributed by atoms with E-state index >= 15 is 0 Å². The van der Waals surface area contributed by atoms with E-state index < -0.39 is 11.7 Å². The molecule has 1 amide bonds. The van der Waals surface area contributed by atoms with Crippen LogP contribution in [0.3, 0.4) is 0 Å². The number of nitrogens with two attached hydrogens (primary N) is 1. The molecule has 0 aliphatic rings. The molecule has 0 fully saturated rings. The van der Waals surface area contributed by atoms with Crippen LogP contribution in [-0.2, 0) is 4.74 Å². The maximum atomic E-state index is 12.0. The van der Waals surface area contributed by atoms with E-state index in [0.29, 0.717) is 11.9 Å². The Balaban J connectivity index is 3.86. The molecule has 0 unspecified atom stereocenters. The summed E-state index contributed by atoms with van der Waals surface area (Å²) in [5, 5.41) is 2.39. The van der Waals surface area contributed by atoms with Crippen LogP contribution in [0.4, 0.5) is 9.18 Å². The summed E-state index contributed by atoms with van der Waals surface area (Å²) >= 11 is 0. The first-order chi connectivity index (χ1) is 6.39. The maximum absolute atomic E-state index is 12.0. The summed E-state index contributed by atoms with van der Waals surface area (Å²) in [6.07, 6.45) is -0.192. The van der Waals surface area contributed by atoms with Gasteiger partial charge in [-0.25, -0.2) is 9.18 Å². The van der Waals surface area contributed by atoms with Gasteiger partial charge in [-0.05, 0) is 26.3 Å². The van der Waals surface area contributed by atoms with Gasteiger partial charge in [-0.2, -0.15) is 0 Å². The number of hydrogen-bond donors (Lipinski definition) is 2. The van der Waals surface area contributed by atoms with Crippen molar-refractivity contribution in [2.45, 2.75) is 26.4 Å². The van der Waals surface area contributed by atoms with Gasteiger partial charge in [-0.1, -0.05) is 0 Å². The topological polar surface area (TPSA) is 64.3 Å². The van der Waals surface area contributed by atoms with Crippen LogP contribution in [0.15, 0.2) is 11.9 Å². The van der Waals surface area contributed by atoms with Gasteiger partial charge in [0, 0.05) is 13.1 Å².